The van der Waals surface area contributed by atoms with Crippen molar-refractivity contribution >= 4 is 5.69 Å². The molecule has 72 valence electrons. The molecule has 0 aliphatic carbocycles. The predicted molar refractivity (Wildman–Crippen MR) is 58.5 cm³/mol. The van der Waals surface area contributed by atoms with Gasteiger partial charge < -0.3 is 9.80 Å². The molecule has 0 N–H and O–H groups in total. The second kappa shape index (κ2) is 3.37. The van der Waals surface area contributed by atoms with Crippen LogP contribution in [0.5, 0.6) is 0 Å². The van der Waals surface area contributed by atoms with E-state index in [-0.39, 0.29) is 0 Å². The monoisotopic (exact) mass is 186 g/mol. The molecule has 0 amide bonds. The van der Waals surface area contributed by atoms with Crippen LogP contribution in [0.1, 0.15) is 11.1 Å². The summed E-state index contributed by atoms with van der Waals surface area (Å²) in [6.45, 7) is 7.45. The largest absolute Gasteiger partial charge is 0.349 e. The van der Waals surface area contributed by atoms with Gasteiger partial charge >= 0.3 is 0 Å². The fraction of sp³-hybridized carbons (Fsp3) is 0.250. The maximum absolute atomic E-state index is 3.21. The quantitative estimate of drug-likeness (QED) is 0.665. The summed E-state index contributed by atoms with van der Waals surface area (Å²) in [5.74, 6) is 0. The van der Waals surface area contributed by atoms with Crippen LogP contribution in [0.15, 0.2) is 30.6 Å². The third-order valence-corrected chi connectivity index (χ3v) is 2.39. The topological polar surface area (TPSA) is 6.48 Å². The van der Waals surface area contributed by atoms with Crippen molar-refractivity contribution in [2.24, 2.45) is 0 Å². The minimum Gasteiger partial charge on any atom is -0.349 e. The molecule has 0 bridgehead atoms. The zero-order valence-corrected chi connectivity index (χ0v) is 8.78. The van der Waals surface area contributed by atoms with E-state index in [1.165, 1.54) is 16.8 Å². The highest BCUT2D eigenvalue weighted by molar-refractivity contribution is 5.62. The number of benzene rings is 1. The number of hydrogen-bond acceptors (Lipinski definition) is 2. The molecule has 1 aliphatic rings. The zero-order valence-electron chi connectivity index (χ0n) is 8.78. The number of hydrogen-bond donors (Lipinski definition) is 0. The van der Waals surface area contributed by atoms with E-state index in [9.17, 15) is 0 Å². The third-order valence-electron chi connectivity index (χ3n) is 2.39. The van der Waals surface area contributed by atoms with Gasteiger partial charge in [0.2, 0.25) is 6.67 Å². The first kappa shape index (κ1) is 9.13. The van der Waals surface area contributed by atoms with Crippen molar-refractivity contribution in [1.82, 2.24) is 4.90 Å². The van der Waals surface area contributed by atoms with Crippen LogP contribution in [-0.2, 0) is 0 Å². The Morgan fingerprint density at radius 3 is 2.21 bits per heavy atom. The lowest BCUT2D eigenvalue weighted by atomic mass is 10.1. The molecule has 0 saturated heterocycles. The standard InChI is InChI=1S/C12H14N2/c1-10-5-4-6-11(2)12(10)14-8-7-13(3)9-14/h4-8H,1-3H3. The average molecular weight is 186 g/mol. The Morgan fingerprint density at radius 1 is 1.07 bits per heavy atom. The van der Waals surface area contributed by atoms with E-state index < -0.39 is 0 Å². The molecule has 1 aliphatic heterocycles. The molecule has 1 aromatic rings. The van der Waals surface area contributed by atoms with Gasteiger partial charge in [-0.3, -0.25) is 0 Å². The first-order valence-electron chi connectivity index (χ1n) is 4.71. The molecular weight excluding hydrogens is 172 g/mol. The van der Waals surface area contributed by atoms with Crippen LogP contribution in [0.4, 0.5) is 5.69 Å². The van der Waals surface area contributed by atoms with Gasteiger partial charge in [0.1, 0.15) is 0 Å². The Balaban J connectivity index is 2.37. The van der Waals surface area contributed by atoms with Gasteiger partial charge in [-0.05, 0) is 25.0 Å². The molecule has 14 heavy (non-hydrogen) atoms. The minimum absolute atomic E-state index is 1.23. The first-order valence-corrected chi connectivity index (χ1v) is 4.71. The maximum atomic E-state index is 3.21. The van der Waals surface area contributed by atoms with Gasteiger partial charge in [-0.2, -0.15) is 0 Å². The van der Waals surface area contributed by atoms with Crippen LogP contribution in [0.2, 0.25) is 0 Å². The Labute approximate surface area is 85.4 Å². The van der Waals surface area contributed by atoms with Crippen molar-refractivity contribution in [3.05, 3.63) is 48.4 Å². The van der Waals surface area contributed by atoms with Crippen molar-refractivity contribution in [2.75, 3.05) is 11.9 Å². The fourth-order valence-electron chi connectivity index (χ4n) is 1.71. The molecule has 2 nitrogen and oxygen atoms in total. The lowest BCUT2D eigenvalue weighted by Gasteiger charge is -2.20. The molecule has 1 aromatic carbocycles. The summed E-state index contributed by atoms with van der Waals surface area (Å²) in [5, 5.41) is 0. The maximum Gasteiger partial charge on any atom is 0.212 e. The summed E-state index contributed by atoms with van der Waals surface area (Å²) < 4.78 is 0. The molecule has 2 radical (unpaired) electrons. The first-order chi connectivity index (χ1) is 6.68. The van der Waals surface area contributed by atoms with Crippen molar-refractivity contribution in [3.63, 3.8) is 0 Å². The lowest BCUT2D eigenvalue weighted by molar-refractivity contribution is 0.574. The van der Waals surface area contributed by atoms with Crippen molar-refractivity contribution in [1.29, 1.82) is 0 Å². The second-order valence-electron chi connectivity index (χ2n) is 3.62. The van der Waals surface area contributed by atoms with Crippen LogP contribution in [0, 0.1) is 20.5 Å². The molecule has 0 spiro atoms. The number of nitrogens with zero attached hydrogens (tertiary/aromatic N) is 2. The van der Waals surface area contributed by atoms with Gasteiger partial charge in [-0.1, -0.05) is 18.2 Å². The highest BCUT2D eigenvalue weighted by Gasteiger charge is 2.16. The van der Waals surface area contributed by atoms with Crippen LogP contribution >= 0.6 is 0 Å². The van der Waals surface area contributed by atoms with Crippen LogP contribution in [-0.4, -0.2) is 11.9 Å². The van der Waals surface area contributed by atoms with E-state index in [0.29, 0.717) is 0 Å². The molecule has 0 saturated carbocycles. The molecule has 0 unspecified atom stereocenters. The van der Waals surface area contributed by atoms with E-state index in [1.54, 1.807) is 0 Å². The summed E-state index contributed by atoms with van der Waals surface area (Å²) in [6.07, 6.45) is 4.02. The molecule has 0 fully saturated rings. The Morgan fingerprint density at radius 2 is 1.71 bits per heavy atom. The van der Waals surface area contributed by atoms with E-state index in [2.05, 4.69) is 38.7 Å². The van der Waals surface area contributed by atoms with Gasteiger partial charge in [-0.25, -0.2) is 0 Å². The van der Waals surface area contributed by atoms with Crippen LogP contribution < -0.4 is 4.90 Å². The molecule has 0 atom stereocenters. The van der Waals surface area contributed by atoms with E-state index in [0.717, 1.165) is 0 Å². The Hall–Kier alpha value is -1.44. The van der Waals surface area contributed by atoms with Gasteiger partial charge in [0.05, 0.1) is 0 Å². The van der Waals surface area contributed by atoms with Crippen molar-refractivity contribution in [3.8, 4) is 0 Å². The second-order valence-corrected chi connectivity index (χ2v) is 3.62. The summed E-state index contributed by atoms with van der Waals surface area (Å²) in [4.78, 5) is 3.95. The molecule has 2 rings (SSSR count). The fourth-order valence-corrected chi connectivity index (χ4v) is 1.71. The summed E-state index contributed by atoms with van der Waals surface area (Å²) in [7, 11) is 1.98. The van der Waals surface area contributed by atoms with Gasteiger partial charge in [0, 0.05) is 25.1 Å². The molecule has 2 heteroatoms. The van der Waals surface area contributed by atoms with Crippen LogP contribution in [0.3, 0.4) is 0 Å². The van der Waals surface area contributed by atoms with E-state index >= 15 is 0 Å². The van der Waals surface area contributed by atoms with Gasteiger partial charge in [-0.15, -0.1) is 0 Å². The SMILES string of the molecule is Cc1cccc(C)c1N1[C]N(C)C=C1. The van der Waals surface area contributed by atoms with E-state index in [4.69, 9.17) is 0 Å². The van der Waals surface area contributed by atoms with Gasteiger partial charge in [0.15, 0.2) is 0 Å². The highest BCUT2D eigenvalue weighted by atomic mass is 15.3. The number of rotatable bonds is 1. The smallest absolute Gasteiger partial charge is 0.212 e. The average Bonchev–Trinajstić information content (AvgIpc) is 2.51. The summed E-state index contributed by atoms with van der Waals surface area (Å²) in [6, 6.07) is 6.32. The predicted octanol–water partition coefficient (Wildman–Crippen LogP) is 2.52. The van der Waals surface area contributed by atoms with Crippen molar-refractivity contribution < 1.29 is 0 Å². The number of anilines is 1. The number of para-hydroxylation sites is 1. The highest BCUT2D eigenvalue weighted by Crippen LogP contribution is 2.28. The minimum atomic E-state index is 1.23. The van der Waals surface area contributed by atoms with Gasteiger partial charge in [0.25, 0.3) is 0 Å². The summed E-state index contributed by atoms with van der Waals surface area (Å²) in [5.41, 5.74) is 3.78. The Bertz CT molecular complexity index is 348. The Kier molecular flexibility index (Phi) is 2.20. The number of aryl methyl sites for hydroxylation is 2. The lowest BCUT2D eigenvalue weighted by Crippen LogP contribution is -2.16. The van der Waals surface area contributed by atoms with Crippen molar-refractivity contribution in [2.45, 2.75) is 13.8 Å². The molecule has 0 aromatic heterocycles. The normalized spacial score (nSPS) is 15.4. The third kappa shape index (κ3) is 1.48. The van der Waals surface area contributed by atoms with E-state index in [1.807, 2.05) is 29.2 Å². The molecule has 1 heterocycles. The van der Waals surface area contributed by atoms with Crippen LogP contribution in [0.25, 0.3) is 0 Å². The molecular formula is C12H14N2. The zero-order chi connectivity index (χ0) is 10.1. The summed E-state index contributed by atoms with van der Waals surface area (Å²) >= 11 is 0.